The van der Waals surface area contributed by atoms with Gasteiger partial charge in [0, 0.05) is 49.7 Å². The van der Waals surface area contributed by atoms with Crippen LogP contribution in [0.5, 0.6) is 0 Å². The van der Waals surface area contributed by atoms with E-state index in [0.717, 1.165) is 24.8 Å². The fraction of sp³-hybridized carbons (Fsp3) is 0.639. The zero-order valence-electron chi connectivity index (χ0n) is 29.2. The number of carbonyl (C=O) groups excluding carboxylic acids is 5. The number of rotatable bonds is 11. The van der Waals surface area contributed by atoms with E-state index in [0.29, 0.717) is 43.4 Å². The summed E-state index contributed by atoms with van der Waals surface area (Å²) in [5.74, 6) is -2.50. The first-order valence-corrected chi connectivity index (χ1v) is 17.8. The van der Waals surface area contributed by atoms with Crippen molar-refractivity contribution in [1.82, 2.24) is 25.9 Å². The molecular weight excluding hydrogens is 650 g/mol. The summed E-state index contributed by atoms with van der Waals surface area (Å²) in [5, 5.41) is 6.37. The zero-order chi connectivity index (χ0) is 35.6. The molecule has 1 aromatic carbocycles. The van der Waals surface area contributed by atoms with Crippen LogP contribution >= 0.6 is 11.6 Å². The summed E-state index contributed by atoms with van der Waals surface area (Å²) in [4.78, 5) is 77.5. The van der Waals surface area contributed by atoms with Gasteiger partial charge < -0.3 is 25.2 Å². The third-order valence-corrected chi connectivity index (χ3v) is 10.4. The second-order valence-corrected chi connectivity index (χ2v) is 15.8. The first kappa shape index (κ1) is 36.8. The zero-order valence-corrected chi connectivity index (χ0v) is 30.0. The number of nitrogens with zero attached hydrogens (tertiary/aromatic N) is 2. The Kier molecular flexibility index (Phi) is 11.1. The average molecular weight is 700 g/mol. The van der Waals surface area contributed by atoms with Crippen molar-refractivity contribution in [2.75, 3.05) is 32.8 Å². The molecule has 13 heteroatoms. The van der Waals surface area contributed by atoms with E-state index in [1.165, 1.54) is 9.80 Å². The summed E-state index contributed by atoms with van der Waals surface area (Å²) in [5.41, 5.74) is 2.34. The lowest BCUT2D eigenvalue weighted by atomic mass is 9.78. The Labute approximate surface area is 293 Å². The van der Waals surface area contributed by atoms with Gasteiger partial charge in [0.2, 0.25) is 23.5 Å². The van der Waals surface area contributed by atoms with Crippen molar-refractivity contribution < 1.29 is 33.5 Å². The normalized spacial score (nSPS) is 24.4. The van der Waals surface area contributed by atoms with Crippen LogP contribution in [-0.2, 0) is 33.5 Å². The number of carbonyl (C=O) groups is 5. The standard InChI is InChI=1S/C36H50ClN5O7/c1-6-9-25(29(44)32(46)41-14-8-15-41)38-31(45)27-20-36(19-26(40-49-36)23-10-7-11-24(37)18-23)22-42(27)33(47)30(34(2,3)4)39-28(43)21-35(5)12-16-48-17-13-35/h7,10-11,18-19,25,27,30,40H,6,8-9,12-17,20-22H2,1-5H3,(H,38,45)(H,39,43)/t25-,27-,30+,36+/m0/s1. The van der Waals surface area contributed by atoms with Gasteiger partial charge in [0.1, 0.15) is 17.7 Å². The van der Waals surface area contributed by atoms with E-state index in [-0.39, 0.29) is 37.1 Å². The molecule has 4 amide bonds. The molecule has 4 aliphatic heterocycles. The number of likely N-dealkylation sites (tertiary alicyclic amines) is 2. The summed E-state index contributed by atoms with van der Waals surface area (Å²) >= 11 is 6.25. The lowest BCUT2D eigenvalue weighted by Gasteiger charge is -2.37. The first-order valence-electron chi connectivity index (χ1n) is 17.4. The number of ether oxygens (including phenoxy) is 1. The highest BCUT2D eigenvalue weighted by atomic mass is 35.5. The van der Waals surface area contributed by atoms with Crippen LogP contribution in [0.2, 0.25) is 5.02 Å². The molecule has 1 aromatic rings. The third-order valence-electron chi connectivity index (χ3n) is 10.1. The summed E-state index contributed by atoms with van der Waals surface area (Å²) in [7, 11) is 0. The molecule has 0 radical (unpaired) electrons. The van der Waals surface area contributed by atoms with Crippen LogP contribution in [0.15, 0.2) is 30.3 Å². The Morgan fingerprint density at radius 1 is 1.10 bits per heavy atom. The molecule has 5 rings (SSSR count). The minimum atomic E-state index is -1.09. The van der Waals surface area contributed by atoms with Crippen LogP contribution in [0.4, 0.5) is 0 Å². The number of hydroxylamine groups is 1. The number of hydrogen-bond acceptors (Lipinski definition) is 8. The van der Waals surface area contributed by atoms with Gasteiger partial charge in [0.25, 0.3) is 5.91 Å². The minimum Gasteiger partial charge on any atom is -0.381 e. The predicted molar refractivity (Wildman–Crippen MR) is 184 cm³/mol. The maximum absolute atomic E-state index is 14.6. The number of Topliss-reactive ketones (excluding diaryl/α,β-unsaturated/α-hetero) is 1. The van der Waals surface area contributed by atoms with Crippen molar-refractivity contribution in [1.29, 1.82) is 0 Å². The highest BCUT2D eigenvalue weighted by Gasteiger charge is 2.54. The van der Waals surface area contributed by atoms with E-state index in [9.17, 15) is 24.0 Å². The molecule has 1 spiro atoms. The Balaban J connectivity index is 1.42. The molecule has 0 bridgehead atoms. The van der Waals surface area contributed by atoms with Gasteiger partial charge in [-0.2, -0.15) is 0 Å². The first-order chi connectivity index (χ1) is 23.1. The molecule has 0 aromatic heterocycles. The molecule has 0 saturated carbocycles. The van der Waals surface area contributed by atoms with Crippen molar-refractivity contribution in [3.8, 4) is 0 Å². The molecule has 0 unspecified atom stereocenters. The highest BCUT2D eigenvalue weighted by molar-refractivity contribution is 6.38. The van der Waals surface area contributed by atoms with Crippen LogP contribution in [0.1, 0.15) is 85.1 Å². The maximum atomic E-state index is 14.6. The fourth-order valence-corrected chi connectivity index (χ4v) is 7.12. The lowest BCUT2D eigenvalue weighted by Crippen LogP contribution is -2.59. The molecule has 3 N–H and O–H groups in total. The van der Waals surface area contributed by atoms with Crippen LogP contribution < -0.4 is 16.1 Å². The predicted octanol–water partition coefficient (Wildman–Crippen LogP) is 3.38. The number of hydrogen-bond donors (Lipinski definition) is 3. The Hall–Kier alpha value is -3.48. The summed E-state index contributed by atoms with van der Waals surface area (Å²) in [6.45, 7) is 11.8. The fourth-order valence-electron chi connectivity index (χ4n) is 6.93. The van der Waals surface area contributed by atoms with Gasteiger partial charge in [-0.05, 0) is 54.7 Å². The van der Waals surface area contributed by atoms with E-state index < -0.39 is 52.6 Å². The van der Waals surface area contributed by atoms with Crippen LogP contribution in [0, 0.1) is 10.8 Å². The second kappa shape index (κ2) is 14.8. The number of nitrogens with one attached hydrogen (secondary N) is 3. The Bertz CT molecular complexity index is 1480. The minimum absolute atomic E-state index is 0.0115. The molecule has 0 aliphatic carbocycles. The molecule has 49 heavy (non-hydrogen) atoms. The largest absolute Gasteiger partial charge is 0.381 e. The van der Waals surface area contributed by atoms with Gasteiger partial charge in [-0.3, -0.25) is 34.3 Å². The number of halogens is 1. The van der Waals surface area contributed by atoms with E-state index in [1.807, 2.05) is 45.9 Å². The van der Waals surface area contributed by atoms with Crippen molar-refractivity contribution >= 4 is 46.7 Å². The van der Waals surface area contributed by atoms with Crippen molar-refractivity contribution in [3.05, 3.63) is 40.9 Å². The van der Waals surface area contributed by atoms with Crippen LogP contribution in [-0.4, -0.2) is 95.8 Å². The number of benzene rings is 1. The molecule has 4 heterocycles. The van der Waals surface area contributed by atoms with Crippen LogP contribution in [0.25, 0.3) is 5.70 Å². The molecule has 4 aliphatic rings. The summed E-state index contributed by atoms with van der Waals surface area (Å²) in [6, 6.07) is 4.19. The molecule has 268 valence electrons. The van der Waals surface area contributed by atoms with Gasteiger partial charge in [0.05, 0.1) is 18.3 Å². The topological polar surface area (TPSA) is 146 Å². The molecule has 12 nitrogen and oxygen atoms in total. The Morgan fingerprint density at radius 2 is 1.82 bits per heavy atom. The SMILES string of the molecule is CCC[C@H](NC(=O)[C@@H]1C[C@]2(C=C(c3cccc(Cl)c3)NO2)CN1C(=O)[C@@H](NC(=O)CC1(C)CCOCC1)C(C)(C)C)C(=O)C(=O)N1CCC1. The monoisotopic (exact) mass is 699 g/mol. The van der Waals surface area contributed by atoms with Crippen molar-refractivity contribution in [3.63, 3.8) is 0 Å². The molecule has 4 atom stereocenters. The van der Waals surface area contributed by atoms with E-state index in [1.54, 1.807) is 12.1 Å². The van der Waals surface area contributed by atoms with E-state index >= 15 is 0 Å². The van der Waals surface area contributed by atoms with E-state index in [4.69, 9.17) is 21.2 Å². The second-order valence-electron chi connectivity index (χ2n) is 15.3. The van der Waals surface area contributed by atoms with Crippen LogP contribution in [0.3, 0.4) is 0 Å². The van der Waals surface area contributed by atoms with E-state index in [2.05, 4.69) is 23.0 Å². The van der Waals surface area contributed by atoms with Crippen molar-refractivity contribution in [2.24, 2.45) is 10.8 Å². The third kappa shape index (κ3) is 8.46. The quantitative estimate of drug-likeness (QED) is 0.298. The average Bonchev–Trinajstić information content (AvgIpc) is 3.61. The van der Waals surface area contributed by atoms with Gasteiger partial charge in [-0.15, -0.1) is 0 Å². The van der Waals surface area contributed by atoms with Gasteiger partial charge in [0.15, 0.2) is 0 Å². The number of amides is 4. The Morgan fingerprint density at radius 3 is 2.43 bits per heavy atom. The molecular formula is C36H50ClN5O7. The highest BCUT2D eigenvalue weighted by Crippen LogP contribution is 2.39. The van der Waals surface area contributed by atoms with Gasteiger partial charge >= 0.3 is 0 Å². The smallest absolute Gasteiger partial charge is 0.292 e. The molecule has 3 saturated heterocycles. The molecule has 3 fully saturated rings. The van der Waals surface area contributed by atoms with Gasteiger partial charge in [-0.25, -0.2) is 0 Å². The summed E-state index contributed by atoms with van der Waals surface area (Å²) < 4.78 is 5.50. The summed E-state index contributed by atoms with van der Waals surface area (Å²) in [6.07, 6.45) is 5.34. The lowest BCUT2D eigenvalue weighted by molar-refractivity contribution is -0.149. The number of ketones is 1. The van der Waals surface area contributed by atoms with Gasteiger partial charge in [-0.1, -0.05) is 64.8 Å². The van der Waals surface area contributed by atoms with Crippen molar-refractivity contribution in [2.45, 2.75) is 103 Å². The maximum Gasteiger partial charge on any atom is 0.292 e.